The lowest BCUT2D eigenvalue weighted by Gasteiger charge is -2.34. The van der Waals surface area contributed by atoms with Gasteiger partial charge in [-0.2, -0.15) is 0 Å². The van der Waals surface area contributed by atoms with Crippen LogP contribution in [0.2, 0.25) is 5.15 Å². The van der Waals surface area contributed by atoms with Crippen molar-refractivity contribution >= 4 is 41.0 Å². The molecule has 0 N–H and O–H groups in total. The van der Waals surface area contributed by atoms with Crippen molar-refractivity contribution in [3.8, 4) is 0 Å². The van der Waals surface area contributed by atoms with Crippen molar-refractivity contribution in [1.82, 2.24) is 19.8 Å². The first kappa shape index (κ1) is 21.8. The van der Waals surface area contributed by atoms with E-state index < -0.39 is 0 Å². The van der Waals surface area contributed by atoms with Gasteiger partial charge in [0.2, 0.25) is 11.8 Å². The van der Waals surface area contributed by atoms with E-state index in [0.717, 1.165) is 31.7 Å². The molecule has 150 valence electrons. The maximum absolute atomic E-state index is 12.5. The van der Waals surface area contributed by atoms with E-state index in [1.807, 2.05) is 0 Å². The van der Waals surface area contributed by atoms with Gasteiger partial charge in [0.15, 0.2) is 5.16 Å². The molecule has 2 heterocycles. The van der Waals surface area contributed by atoms with Crippen LogP contribution in [0.3, 0.4) is 0 Å². The van der Waals surface area contributed by atoms with Crippen LogP contribution in [-0.4, -0.2) is 76.6 Å². The van der Waals surface area contributed by atoms with Gasteiger partial charge in [-0.3, -0.25) is 9.59 Å². The highest BCUT2D eigenvalue weighted by Gasteiger charge is 2.22. The molecule has 1 aliphatic heterocycles. The zero-order chi connectivity index (χ0) is 19.8. The summed E-state index contributed by atoms with van der Waals surface area (Å²) in [7, 11) is 0. The zero-order valence-corrected chi connectivity index (χ0v) is 17.9. The molecule has 1 aliphatic rings. The summed E-state index contributed by atoms with van der Waals surface area (Å²) in [6.07, 6.45) is 2.05. The highest BCUT2D eigenvalue weighted by Crippen LogP contribution is 2.23. The summed E-state index contributed by atoms with van der Waals surface area (Å²) in [6, 6.07) is 1.78. The first-order chi connectivity index (χ1) is 12.9. The lowest BCUT2D eigenvalue weighted by molar-refractivity contribution is -0.136. The number of rotatable bonds is 8. The Balaban J connectivity index is 1.95. The Morgan fingerprint density at radius 3 is 2.26 bits per heavy atom. The molecule has 1 saturated heterocycles. The second-order valence-corrected chi connectivity index (χ2v) is 7.82. The third kappa shape index (κ3) is 6.53. The van der Waals surface area contributed by atoms with Gasteiger partial charge in [-0.15, -0.1) is 0 Å². The van der Waals surface area contributed by atoms with Crippen molar-refractivity contribution in [2.45, 2.75) is 38.8 Å². The van der Waals surface area contributed by atoms with Gasteiger partial charge in [-0.1, -0.05) is 37.2 Å². The Bertz CT molecular complexity index is 647. The summed E-state index contributed by atoms with van der Waals surface area (Å²) in [6.45, 7) is 9.95. The lowest BCUT2D eigenvalue weighted by atomic mass is 10.3. The predicted octanol–water partition coefficient (Wildman–Crippen LogP) is 2.54. The standard InChI is InChI=1S/C18H28ClN5O2S/c1-4-6-23(7-5-2)16-12-15(19)20-18(21-16)27-13-17(26)24-10-8-22(9-11-24)14(3)25/h12H,4-11,13H2,1-3H3. The summed E-state index contributed by atoms with van der Waals surface area (Å²) in [4.78, 5) is 38.4. The topological polar surface area (TPSA) is 69.6 Å². The third-order valence-corrected chi connectivity index (χ3v) is 5.40. The number of halogens is 1. The van der Waals surface area contributed by atoms with E-state index in [0.29, 0.717) is 36.5 Å². The number of thioether (sulfide) groups is 1. The normalized spacial score (nSPS) is 14.4. The van der Waals surface area contributed by atoms with Gasteiger partial charge in [0.1, 0.15) is 11.0 Å². The van der Waals surface area contributed by atoms with Crippen LogP contribution in [0.1, 0.15) is 33.6 Å². The number of amides is 2. The van der Waals surface area contributed by atoms with E-state index in [9.17, 15) is 9.59 Å². The Kier molecular flexibility index (Phi) is 8.63. The average molecular weight is 414 g/mol. The van der Waals surface area contributed by atoms with Gasteiger partial charge in [-0.05, 0) is 12.8 Å². The van der Waals surface area contributed by atoms with Crippen LogP contribution in [0.15, 0.2) is 11.2 Å². The quantitative estimate of drug-likeness (QED) is 0.370. The number of carbonyl (C=O) groups excluding carboxylic acids is 2. The van der Waals surface area contributed by atoms with Crippen LogP contribution in [-0.2, 0) is 9.59 Å². The molecule has 1 fully saturated rings. The number of piperazine rings is 1. The van der Waals surface area contributed by atoms with Crippen LogP contribution in [0.25, 0.3) is 0 Å². The van der Waals surface area contributed by atoms with Crippen molar-refractivity contribution in [3.05, 3.63) is 11.2 Å². The molecule has 0 aromatic carbocycles. The van der Waals surface area contributed by atoms with Crippen LogP contribution < -0.4 is 4.90 Å². The molecule has 0 aliphatic carbocycles. The second kappa shape index (κ2) is 10.7. The van der Waals surface area contributed by atoms with Gasteiger partial charge >= 0.3 is 0 Å². The van der Waals surface area contributed by atoms with Gasteiger partial charge in [-0.25, -0.2) is 9.97 Å². The van der Waals surface area contributed by atoms with Crippen molar-refractivity contribution in [2.75, 3.05) is 49.9 Å². The highest BCUT2D eigenvalue weighted by atomic mass is 35.5. The fourth-order valence-corrected chi connectivity index (χ4v) is 3.96. The molecule has 7 nitrogen and oxygen atoms in total. The number of hydrogen-bond acceptors (Lipinski definition) is 6. The molecule has 0 unspecified atom stereocenters. The zero-order valence-electron chi connectivity index (χ0n) is 16.3. The maximum atomic E-state index is 12.5. The summed E-state index contributed by atoms with van der Waals surface area (Å²) in [5.41, 5.74) is 0. The van der Waals surface area contributed by atoms with Gasteiger partial charge < -0.3 is 14.7 Å². The van der Waals surface area contributed by atoms with E-state index in [-0.39, 0.29) is 17.6 Å². The molecule has 0 atom stereocenters. The monoisotopic (exact) mass is 413 g/mol. The molecular formula is C18H28ClN5O2S. The number of aromatic nitrogens is 2. The minimum atomic E-state index is 0.0345. The molecule has 0 spiro atoms. The van der Waals surface area contributed by atoms with E-state index in [4.69, 9.17) is 11.6 Å². The average Bonchev–Trinajstić information content (AvgIpc) is 2.65. The molecule has 1 aromatic rings. The van der Waals surface area contributed by atoms with Crippen LogP contribution in [0.5, 0.6) is 0 Å². The maximum Gasteiger partial charge on any atom is 0.233 e. The van der Waals surface area contributed by atoms with Crippen molar-refractivity contribution < 1.29 is 9.59 Å². The fourth-order valence-electron chi connectivity index (χ4n) is 2.98. The third-order valence-electron chi connectivity index (χ3n) is 4.37. The molecule has 0 bridgehead atoms. The molecule has 0 radical (unpaired) electrons. The summed E-state index contributed by atoms with van der Waals surface area (Å²) >= 11 is 7.49. The predicted molar refractivity (Wildman–Crippen MR) is 109 cm³/mol. The molecular weight excluding hydrogens is 386 g/mol. The van der Waals surface area contributed by atoms with Gasteiger partial charge in [0.25, 0.3) is 0 Å². The molecule has 2 amide bonds. The molecule has 1 aromatic heterocycles. The SMILES string of the molecule is CCCN(CCC)c1cc(Cl)nc(SCC(=O)N2CCN(C(C)=O)CC2)n1. The molecule has 2 rings (SSSR count). The van der Waals surface area contributed by atoms with Crippen LogP contribution in [0, 0.1) is 0 Å². The number of nitrogens with zero attached hydrogens (tertiary/aromatic N) is 5. The fraction of sp³-hybridized carbons (Fsp3) is 0.667. The lowest BCUT2D eigenvalue weighted by Crippen LogP contribution is -2.50. The minimum Gasteiger partial charge on any atom is -0.356 e. The Hall–Kier alpha value is -1.54. The van der Waals surface area contributed by atoms with Crippen molar-refractivity contribution in [2.24, 2.45) is 0 Å². The number of anilines is 1. The van der Waals surface area contributed by atoms with Crippen molar-refractivity contribution in [3.63, 3.8) is 0 Å². The Morgan fingerprint density at radius 1 is 1.11 bits per heavy atom. The van der Waals surface area contributed by atoms with E-state index in [1.165, 1.54) is 11.8 Å². The van der Waals surface area contributed by atoms with Gasteiger partial charge in [0.05, 0.1) is 5.75 Å². The Labute approximate surface area is 170 Å². The van der Waals surface area contributed by atoms with E-state index >= 15 is 0 Å². The van der Waals surface area contributed by atoms with Crippen LogP contribution >= 0.6 is 23.4 Å². The Morgan fingerprint density at radius 2 is 1.70 bits per heavy atom. The van der Waals surface area contributed by atoms with Crippen molar-refractivity contribution in [1.29, 1.82) is 0 Å². The van der Waals surface area contributed by atoms with Crippen LogP contribution in [0.4, 0.5) is 5.82 Å². The first-order valence-electron chi connectivity index (χ1n) is 9.40. The number of carbonyl (C=O) groups is 2. The minimum absolute atomic E-state index is 0.0345. The molecule has 9 heteroatoms. The summed E-state index contributed by atoms with van der Waals surface area (Å²) in [5, 5.41) is 0.910. The molecule has 0 saturated carbocycles. The largest absolute Gasteiger partial charge is 0.356 e. The molecule has 27 heavy (non-hydrogen) atoms. The number of hydrogen-bond donors (Lipinski definition) is 0. The van der Waals surface area contributed by atoms with E-state index in [2.05, 4.69) is 28.7 Å². The second-order valence-electron chi connectivity index (χ2n) is 6.49. The highest BCUT2D eigenvalue weighted by molar-refractivity contribution is 7.99. The first-order valence-corrected chi connectivity index (χ1v) is 10.8. The van der Waals surface area contributed by atoms with E-state index in [1.54, 1.807) is 22.8 Å². The smallest absolute Gasteiger partial charge is 0.233 e. The summed E-state index contributed by atoms with van der Waals surface area (Å²) in [5.74, 6) is 1.16. The van der Waals surface area contributed by atoms with Gasteiger partial charge in [0, 0.05) is 52.3 Å². The summed E-state index contributed by atoms with van der Waals surface area (Å²) < 4.78 is 0.